The Kier molecular flexibility index (Phi) is 4.51. The number of methoxy groups -OCH3 is 1. The van der Waals surface area contributed by atoms with Crippen LogP contribution >= 0.6 is 0 Å². The smallest absolute Gasteiger partial charge is 0.266 e. The van der Waals surface area contributed by atoms with E-state index >= 15 is 0 Å². The highest BCUT2D eigenvalue weighted by Gasteiger charge is 2.25. The maximum absolute atomic E-state index is 6.01. The first-order valence-electron chi connectivity index (χ1n) is 8.92. The summed E-state index contributed by atoms with van der Waals surface area (Å²) in [4.78, 5) is 6.64. The zero-order valence-corrected chi connectivity index (χ0v) is 15.3. The minimum Gasteiger partial charge on any atom is -0.497 e. The van der Waals surface area contributed by atoms with E-state index in [0.29, 0.717) is 25.0 Å². The fourth-order valence-electron chi connectivity index (χ4n) is 3.19. The summed E-state index contributed by atoms with van der Waals surface area (Å²) >= 11 is 0. The fourth-order valence-corrected chi connectivity index (χ4v) is 3.19. The van der Waals surface area contributed by atoms with E-state index in [9.17, 15) is 0 Å². The van der Waals surface area contributed by atoms with Crippen LogP contribution in [-0.2, 0) is 4.74 Å². The van der Waals surface area contributed by atoms with Gasteiger partial charge in [-0.15, -0.1) is 0 Å². The van der Waals surface area contributed by atoms with E-state index in [1.807, 2.05) is 26.0 Å². The van der Waals surface area contributed by atoms with Gasteiger partial charge < -0.3 is 18.9 Å². The second kappa shape index (κ2) is 6.96. The average molecular weight is 353 g/mol. The molecule has 1 atom stereocenters. The minimum absolute atomic E-state index is 0.0174. The topological polar surface area (TPSA) is 60.6 Å². The number of hydrogen-bond donors (Lipinski definition) is 0. The molecule has 136 valence electrons. The van der Waals surface area contributed by atoms with Gasteiger partial charge in [0.1, 0.15) is 11.9 Å². The molecule has 1 aromatic heterocycles. The van der Waals surface area contributed by atoms with Crippen LogP contribution in [0.4, 0.5) is 5.95 Å². The Morgan fingerprint density at radius 1 is 1.15 bits per heavy atom. The van der Waals surface area contributed by atoms with Crippen molar-refractivity contribution >= 4 is 16.7 Å². The van der Waals surface area contributed by atoms with Gasteiger partial charge in [0.05, 0.1) is 20.3 Å². The van der Waals surface area contributed by atoms with Crippen molar-refractivity contribution in [3.05, 3.63) is 47.9 Å². The number of morpholine rings is 1. The summed E-state index contributed by atoms with van der Waals surface area (Å²) in [6.07, 6.45) is -0.0174. The van der Waals surface area contributed by atoms with Crippen LogP contribution < -0.4 is 9.64 Å². The molecule has 0 bridgehead atoms. The summed E-state index contributed by atoms with van der Waals surface area (Å²) in [6, 6.07) is 12.5. The first kappa shape index (κ1) is 16.8. The Balaban J connectivity index is 1.56. The number of rotatable bonds is 4. The Morgan fingerprint density at radius 3 is 2.73 bits per heavy atom. The van der Waals surface area contributed by atoms with Crippen molar-refractivity contribution in [3.63, 3.8) is 0 Å². The van der Waals surface area contributed by atoms with E-state index in [2.05, 4.69) is 39.3 Å². The van der Waals surface area contributed by atoms with Crippen molar-refractivity contribution in [1.82, 2.24) is 10.1 Å². The zero-order valence-electron chi connectivity index (χ0n) is 15.3. The monoisotopic (exact) mass is 353 g/mol. The maximum atomic E-state index is 6.01. The molecule has 0 radical (unpaired) electrons. The van der Waals surface area contributed by atoms with Crippen LogP contribution in [0.3, 0.4) is 0 Å². The highest BCUT2D eigenvalue weighted by molar-refractivity contribution is 5.84. The van der Waals surface area contributed by atoms with Crippen molar-refractivity contribution in [2.45, 2.75) is 25.9 Å². The van der Waals surface area contributed by atoms with Crippen LogP contribution in [0, 0.1) is 0 Å². The zero-order chi connectivity index (χ0) is 18.1. The van der Waals surface area contributed by atoms with Crippen molar-refractivity contribution in [3.8, 4) is 5.75 Å². The first-order valence-corrected chi connectivity index (χ1v) is 8.92. The van der Waals surface area contributed by atoms with Crippen molar-refractivity contribution < 1.29 is 14.0 Å². The highest BCUT2D eigenvalue weighted by Crippen LogP contribution is 2.29. The van der Waals surface area contributed by atoms with Crippen LogP contribution in [-0.4, -0.2) is 36.9 Å². The molecule has 1 fully saturated rings. The predicted molar refractivity (Wildman–Crippen MR) is 99.8 cm³/mol. The van der Waals surface area contributed by atoms with Crippen LogP contribution in [0.2, 0.25) is 0 Å². The van der Waals surface area contributed by atoms with E-state index < -0.39 is 0 Å². The molecule has 0 saturated carbocycles. The SMILES string of the molecule is COc1ccc2cc(C3CN(c4noc(C(C)C)n4)CCO3)ccc2c1. The van der Waals surface area contributed by atoms with Gasteiger partial charge in [0, 0.05) is 12.5 Å². The summed E-state index contributed by atoms with van der Waals surface area (Å²) in [5.41, 5.74) is 1.15. The Labute approximate surface area is 152 Å². The Morgan fingerprint density at radius 2 is 1.96 bits per heavy atom. The lowest BCUT2D eigenvalue weighted by atomic mass is 10.0. The third kappa shape index (κ3) is 3.24. The summed E-state index contributed by atoms with van der Waals surface area (Å²) in [5, 5.41) is 6.45. The van der Waals surface area contributed by atoms with Gasteiger partial charge in [0.2, 0.25) is 5.89 Å². The third-order valence-corrected chi connectivity index (χ3v) is 4.72. The van der Waals surface area contributed by atoms with E-state index in [-0.39, 0.29) is 12.0 Å². The summed E-state index contributed by atoms with van der Waals surface area (Å²) < 4.78 is 16.7. The van der Waals surface area contributed by atoms with Crippen LogP contribution in [0.5, 0.6) is 5.75 Å². The molecule has 0 N–H and O–H groups in total. The van der Waals surface area contributed by atoms with Crippen molar-refractivity contribution in [1.29, 1.82) is 0 Å². The lowest BCUT2D eigenvalue weighted by molar-refractivity contribution is 0.0392. The summed E-state index contributed by atoms with van der Waals surface area (Å²) in [7, 11) is 1.68. The van der Waals surface area contributed by atoms with Gasteiger partial charge in [-0.05, 0) is 39.7 Å². The van der Waals surface area contributed by atoms with Gasteiger partial charge in [-0.2, -0.15) is 4.98 Å². The molecule has 0 aliphatic carbocycles. The molecule has 26 heavy (non-hydrogen) atoms. The largest absolute Gasteiger partial charge is 0.497 e. The molecule has 3 aromatic rings. The minimum atomic E-state index is -0.0174. The average Bonchev–Trinajstić information content (AvgIpc) is 3.18. The second-order valence-corrected chi connectivity index (χ2v) is 6.87. The third-order valence-electron chi connectivity index (χ3n) is 4.72. The van der Waals surface area contributed by atoms with Gasteiger partial charge in [0.25, 0.3) is 5.95 Å². The number of nitrogens with zero attached hydrogens (tertiary/aromatic N) is 3. The molecule has 1 unspecified atom stereocenters. The van der Waals surface area contributed by atoms with Gasteiger partial charge in [-0.25, -0.2) is 0 Å². The Hall–Kier alpha value is -2.60. The van der Waals surface area contributed by atoms with Crippen molar-refractivity contribution in [2.75, 3.05) is 31.7 Å². The van der Waals surface area contributed by atoms with Gasteiger partial charge in [-0.1, -0.05) is 32.0 Å². The van der Waals surface area contributed by atoms with Crippen LogP contribution in [0.25, 0.3) is 10.8 Å². The normalized spacial score (nSPS) is 17.8. The lowest BCUT2D eigenvalue weighted by Gasteiger charge is -2.32. The number of hydrogen-bond acceptors (Lipinski definition) is 6. The van der Waals surface area contributed by atoms with Gasteiger partial charge in [0.15, 0.2) is 0 Å². The molecule has 1 saturated heterocycles. The molecular weight excluding hydrogens is 330 g/mol. The predicted octanol–water partition coefficient (Wildman–Crippen LogP) is 3.93. The summed E-state index contributed by atoms with van der Waals surface area (Å²) in [5.74, 6) is 2.41. The second-order valence-electron chi connectivity index (χ2n) is 6.87. The molecule has 6 nitrogen and oxygen atoms in total. The van der Waals surface area contributed by atoms with E-state index in [0.717, 1.165) is 23.2 Å². The van der Waals surface area contributed by atoms with Gasteiger partial charge in [-0.3, -0.25) is 0 Å². The van der Waals surface area contributed by atoms with E-state index in [1.54, 1.807) is 7.11 Å². The Bertz CT molecular complexity index is 906. The molecule has 2 aromatic carbocycles. The quantitative estimate of drug-likeness (QED) is 0.708. The number of fused-ring (bicyclic) bond motifs is 1. The fraction of sp³-hybridized carbons (Fsp3) is 0.400. The molecule has 2 heterocycles. The first-order chi connectivity index (χ1) is 12.6. The van der Waals surface area contributed by atoms with Crippen LogP contribution in [0.1, 0.15) is 37.3 Å². The molecule has 6 heteroatoms. The van der Waals surface area contributed by atoms with Crippen molar-refractivity contribution in [2.24, 2.45) is 0 Å². The van der Waals surface area contributed by atoms with Gasteiger partial charge >= 0.3 is 0 Å². The number of ether oxygens (including phenoxy) is 2. The molecule has 1 aliphatic rings. The standard InChI is InChI=1S/C20H23N3O3/c1-13(2)19-21-20(22-26-19)23-8-9-25-18(12-23)16-5-4-15-11-17(24-3)7-6-14(15)10-16/h4-7,10-11,13,18H,8-9,12H2,1-3H3. The molecule has 1 aliphatic heterocycles. The van der Waals surface area contributed by atoms with E-state index in [4.69, 9.17) is 14.0 Å². The van der Waals surface area contributed by atoms with E-state index in [1.165, 1.54) is 5.39 Å². The molecule has 0 amide bonds. The molecular formula is C20H23N3O3. The maximum Gasteiger partial charge on any atom is 0.266 e. The number of aromatic nitrogens is 2. The number of anilines is 1. The highest BCUT2D eigenvalue weighted by atomic mass is 16.5. The molecule has 4 rings (SSSR count). The lowest BCUT2D eigenvalue weighted by Crippen LogP contribution is -2.39. The molecule has 0 spiro atoms. The van der Waals surface area contributed by atoms with Crippen LogP contribution in [0.15, 0.2) is 40.9 Å². The number of benzene rings is 2. The summed E-state index contributed by atoms with van der Waals surface area (Å²) in [6.45, 7) is 6.20.